The molecular formula is C16H21F3N2O. The van der Waals surface area contributed by atoms with Crippen LogP contribution in [0, 0.1) is 5.92 Å². The average molecular weight is 314 g/mol. The fourth-order valence-electron chi connectivity index (χ4n) is 2.77. The summed E-state index contributed by atoms with van der Waals surface area (Å²) in [6.45, 7) is 4.52. The Labute approximate surface area is 128 Å². The van der Waals surface area contributed by atoms with Crippen LogP contribution in [0.1, 0.15) is 43.9 Å². The lowest BCUT2D eigenvalue weighted by atomic mass is 9.92. The van der Waals surface area contributed by atoms with E-state index in [2.05, 4.69) is 10.6 Å². The Bertz CT molecular complexity index is 530. The summed E-state index contributed by atoms with van der Waals surface area (Å²) in [6, 6.07) is 4.94. The maximum atomic E-state index is 12.7. The summed E-state index contributed by atoms with van der Waals surface area (Å²) >= 11 is 0. The van der Waals surface area contributed by atoms with Gasteiger partial charge in [-0.2, -0.15) is 13.2 Å². The van der Waals surface area contributed by atoms with E-state index in [0.717, 1.165) is 31.5 Å². The van der Waals surface area contributed by atoms with E-state index in [9.17, 15) is 18.0 Å². The molecule has 6 heteroatoms. The highest BCUT2D eigenvalue weighted by Crippen LogP contribution is 2.30. The van der Waals surface area contributed by atoms with Gasteiger partial charge in [-0.15, -0.1) is 0 Å². The summed E-state index contributed by atoms with van der Waals surface area (Å²) in [7, 11) is 0. The fraction of sp³-hybridized carbons (Fsp3) is 0.562. The maximum absolute atomic E-state index is 12.7. The molecule has 0 spiro atoms. The van der Waals surface area contributed by atoms with Gasteiger partial charge in [0.1, 0.15) is 0 Å². The lowest BCUT2D eigenvalue weighted by molar-refractivity contribution is -0.137. The van der Waals surface area contributed by atoms with Gasteiger partial charge in [-0.1, -0.05) is 12.1 Å². The van der Waals surface area contributed by atoms with Gasteiger partial charge in [-0.25, -0.2) is 0 Å². The minimum atomic E-state index is -4.37. The van der Waals surface area contributed by atoms with Crippen LogP contribution in [-0.4, -0.2) is 18.5 Å². The average Bonchev–Trinajstić information content (AvgIpc) is 2.46. The molecule has 0 bridgehead atoms. The van der Waals surface area contributed by atoms with Crippen LogP contribution in [0.3, 0.4) is 0 Å². The van der Waals surface area contributed by atoms with E-state index in [1.807, 2.05) is 6.92 Å². The SMILES string of the molecule is CC(NC(=O)[C@H]1CCN[C@@H](C)C1)c1cccc(C(F)(F)F)c1. The predicted octanol–water partition coefficient (Wildman–Crippen LogP) is 3.27. The van der Waals surface area contributed by atoms with Gasteiger partial charge in [0.05, 0.1) is 11.6 Å². The Morgan fingerprint density at radius 3 is 2.77 bits per heavy atom. The van der Waals surface area contributed by atoms with Crippen LogP contribution in [0.4, 0.5) is 13.2 Å². The molecule has 2 N–H and O–H groups in total. The van der Waals surface area contributed by atoms with Crippen LogP contribution in [0.25, 0.3) is 0 Å². The first-order chi connectivity index (χ1) is 10.3. The molecule has 1 aromatic rings. The molecule has 0 saturated carbocycles. The molecule has 1 fully saturated rings. The van der Waals surface area contributed by atoms with Crippen molar-refractivity contribution >= 4 is 5.91 Å². The van der Waals surface area contributed by atoms with E-state index in [4.69, 9.17) is 0 Å². The molecule has 22 heavy (non-hydrogen) atoms. The summed E-state index contributed by atoms with van der Waals surface area (Å²) in [5.41, 5.74) is -0.230. The molecule has 0 aromatic heterocycles. The van der Waals surface area contributed by atoms with E-state index in [-0.39, 0.29) is 17.9 Å². The molecule has 1 aliphatic heterocycles. The van der Waals surface area contributed by atoms with E-state index in [1.54, 1.807) is 13.0 Å². The first-order valence-corrected chi connectivity index (χ1v) is 7.48. The summed E-state index contributed by atoms with van der Waals surface area (Å²) in [5, 5.41) is 6.10. The van der Waals surface area contributed by atoms with Gasteiger partial charge in [-0.3, -0.25) is 4.79 Å². The second-order valence-electron chi connectivity index (χ2n) is 5.93. The van der Waals surface area contributed by atoms with Gasteiger partial charge < -0.3 is 10.6 Å². The molecule has 1 saturated heterocycles. The lowest BCUT2D eigenvalue weighted by Gasteiger charge is -2.28. The largest absolute Gasteiger partial charge is 0.416 e. The predicted molar refractivity (Wildman–Crippen MR) is 78.2 cm³/mol. The molecule has 0 radical (unpaired) electrons. The normalized spacial score (nSPS) is 23.9. The van der Waals surface area contributed by atoms with Crippen molar-refractivity contribution in [3.63, 3.8) is 0 Å². The number of carbonyl (C=O) groups is 1. The highest BCUT2D eigenvalue weighted by atomic mass is 19.4. The standard InChI is InChI=1S/C16H21F3N2O/c1-10-8-13(6-7-20-10)15(22)21-11(2)12-4-3-5-14(9-12)16(17,18)19/h3-5,9-11,13,20H,6-8H2,1-2H3,(H,21,22)/t10-,11?,13-/m0/s1. The van der Waals surface area contributed by atoms with Crippen molar-refractivity contribution < 1.29 is 18.0 Å². The molecule has 122 valence electrons. The molecule has 0 aliphatic carbocycles. The van der Waals surface area contributed by atoms with Crippen LogP contribution in [0.2, 0.25) is 0 Å². The quantitative estimate of drug-likeness (QED) is 0.899. The zero-order valence-corrected chi connectivity index (χ0v) is 12.7. The summed E-state index contributed by atoms with van der Waals surface area (Å²) in [4.78, 5) is 12.2. The Morgan fingerprint density at radius 1 is 1.41 bits per heavy atom. The van der Waals surface area contributed by atoms with Crippen molar-refractivity contribution in [1.29, 1.82) is 0 Å². The van der Waals surface area contributed by atoms with Gasteiger partial charge in [0.15, 0.2) is 0 Å². The van der Waals surface area contributed by atoms with Gasteiger partial charge >= 0.3 is 6.18 Å². The van der Waals surface area contributed by atoms with Crippen molar-refractivity contribution in [1.82, 2.24) is 10.6 Å². The number of hydrogen-bond donors (Lipinski definition) is 2. The molecular weight excluding hydrogens is 293 g/mol. The second kappa shape index (κ2) is 6.69. The monoisotopic (exact) mass is 314 g/mol. The molecule has 1 heterocycles. The minimum absolute atomic E-state index is 0.0792. The fourth-order valence-corrected chi connectivity index (χ4v) is 2.77. The third-order valence-corrected chi connectivity index (χ3v) is 4.07. The van der Waals surface area contributed by atoms with Gasteiger partial charge in [0, 0.05) is 12.0 Å². The number of carbonyl (C=O) groups excluding carboxylic acids is 1. The van der Waals surface area contributed by atoms with E-state index < -0.39 is 17.8 Å². The smallest absolute Gasteiger partial charge is 0.349 e. The number of hydrogen-bond acceptors (Lipinski definition) is 2. The zero-order valence-electron chi connectivity index (χ0n) is 12.7. The number of alkyl halides is 3. The first-order valence-electron chi connectivity index (χ1n) is 7.48. The molecule has 1 aliphatic rings. The first kappa shape index (κ1) is 16.8. The third kappa shape index (κ3) is 4.22. The molecule has 1 aromatic carbocycles. The lowest BCUT2D eigenvalue weighted by Crippen LogP contribution is -2.42. The molecule has 3 atom stereocenters. The highest BCUT2D eigenvalue weighted by molar-refractivity contribution is 5.79. The van der Waals surface area contributed by atoms with Crippen LogP contribution in [-0.2, 0) is 11.0 Å². The summed E-state index contributed by atoms with van der Waals surface area (Å²) in [6.07, 6.45) is -2.86. The van der Waals surface area contributed by atoms with Crippen molar-refractivity contribution in [3.05, 3.63) is 35.4 Å². The summed E-state index contributed by atoms with van der Waals surface area (Å²) in [5.74, 6) is -0.164. The number of amides is 1. The number of benzene rings is 1. The molecule has 2 rings (SSSR count). The number of piperidine rings is 1. The number of halogens is 3. The van der Waals surface area contributed by atoms with Gasteiger partial charge in [0.25, 0.3) is 0 Å². The van der Waals surface area contributed by atoms with E-state index in [0.29, 0.717) is 5.56 Å². The van der Waals surface area contributed by atoms with Gasteiger partial charge in [-0.05, 0) is 50.9 Å². The number of nitrogens with one attached hydrogen (secondary N) is 2. The highest BCUT2D eigenvalue weighted by Gasteiger charge is 2.31. The van der Waals surface area contributed by atoms with Crippen LogP contribution in [0.15, 0.2) is 24.3 Å². The number of rotatable bonds is 3. The van der Waals surface area contributed by atoms with Crippen LogP contribution in [0.5, 0.6) is 0 Å². The third-order valence-electron chi connectivity index (χ3n) is 4.07. The maximum Gasteiger partial charge on any atom is 0.416 e. The second-order valence-corrected chi connectivity index (χ2v) is 5.93. The van der Waals surface area contributed by atoms with Crippen LogP contribution < -0.4 is 10.6 Å². The van der Waals surface area contributed by atoms with E-state index >= 15 is 0 Å². The molecule has 1 amide bonds. The zero-order chi connectivity index (χ0) is 16.3. The Hall–Kier alpha value is -1.56. The topological polar surface area (TPSA) is 41.1 Å². The van der Waals surface area contributed by atoms with Crippen molar-refractivity contribution in [3.8, 4) is 0 Å². The van der Waals surface area contributed by atoms with Crippen molar-refractivity contribution in [2.24, 2.45) is 5.92 Å². The van der Waals surface area contributed by atoms with Gasteiger partial charge in [0.2, 0.25) is 5.91 Å². The Balaban J connectivity index is 2.02. The van der Waals surface area contributed by atoms with Crippen LogP contribution >= 0.6 is 0 Å². The molecule has 3 nitrogen and oxygen atoms in total. The Kier molecular flexibility index (Phi) is 5.11. The summed E-state index contributed by atoms with van der Waals surface area (Å²) < 4.78 is 38.2. The minimum Gasteiger partial charge on any atom is -0.349 e. The Morgan fingerprint density at radius 2 is 2.14 bits per heavy atom. The molecule has 1 unspecified atom stereocenters. The van der Waals surface area contributed by atoms with E-state index in [1.165, 1.54) is 6.07 Å². The van der Waals surface area contributed by atoms with Crippen molar-refractivity contribution in [2.75, 3.05) is 6.54 Å². The van der Waals surface area contributed by atoms with Crippen molar-refractivity contribution in [2.45, 2.75) is 44.9 Å².